The molecule has 41 heavy (non-hydrogen) atoms. The summed E-state index contributed by atoms with van der Waals surface area (Å²) in [4.78, 5) is 13.3. The smallest absolute Gasteiger partial charge is 0.313 e. The number of carbonyl (C=O) groups excluding carboxylic acids is 1. The molecule has 1 atom stereocenters. The van der Waals surface area contributed by atoms with Crippen LogP contribution < -0.4 is 0 Å². The van der Waals surface area contributed by atoms with Crippen LogP contribution in [0.15, 0.2) is 12.1 Å². The van der Waals surface area contributed by atoms with Gasteiger partial charge in [0.05, 0.1) is 12.5 Å². The lowest BCUT2D eigenvalue weighted by atomic mass is 9.76. The van der Waals surface area contributed by atoms with Gasteiger partial charge in [-0.25, -0.2) is 0 Å². The Labute approximate surface area is 255 Å². The van der Waals surface area contributed by atoms with Crippen molar-refractivity contribution in [3.63, 3.8) is 0 Å². The fourth-order valence-corrected chi connectivity index (χ4v) is 5.75. The van der Waals surface area contributed by atoms with Gasteiger partial charge in [-0.15, -0.1) is 0 Å². The molecule has 0 saturated carbocycles. The van der Waals surface area contributed by atoms with E-state index in [1.54, 1.807) is 0 Å². The van der Waals surface area contributed by atoms with Crippen LogP contribution in [0.25, 0.3) is 0 Å². The maximum Gasteiger partial charge on any atom is 0.313 e. The predicted octanol–water partition coefficient (Wildman–Crippen LogP) is 12.1. The minimum absolute atomic E-state index is 0.107. The Hall–Kier alpha value is -1.51. The van der Waals surface area contributed by atoms with E-state index in [-0.39, 0.29) is 22.7 Å². The first-order valence-corrected chi connectivity index (χ1v) is 17.5. The van der Waals surface area contributed by atoms with Crippen LogP contribution in [-0.4, -0.2) is 17.7 Å². The average molecular weight is 573 g/mol. The van der Waals surface area contributed by atoms with E-state index in [0.717, 1.165) is 48.8 Å². The lowest BCUT2D eigenvalue weighted by Crippen LogP contribution is -2.21. The van der Waals surface area contributed by atoms with Crippen molar-refractivity contribution in [2.24, 2.45) is 0 Å². The molecule has 1 unspecified atom stereocenters. The number of aromatic hydroxyl groups is 1. The molecule has 238 valence electrons. The molecule has 1 rings (SSSR count). The van der Waals surface area contributed by atoms with Gasteiger partial charge in [-0.05, 0) is 40.4 Å². The summed E-state index contributed by atoms with van der Waals surface area (Å²) in [7, 11) is 0. The molecule has 1 aromatic carbocycles. The highest BCUT2D eigenvalue weighted by Gasteiger charge is 2.30. The van der Waals surface area contributed by atoms with Gasteiger partial charge >= 0.3 is 5.97 Å². The monoisotopic (exact) mass is 573 g/mol. The van der Waals surface area contributed by atoms with Crippen LogP contribution in [0.5, 0.6) is 5.75 Å². The highest BCUT2D eigenvalue weighted by atomic mass is 16.5. The Morgan fingerprint density at radius 1 is 0.634 bits per heavy atom. The van der Waals surface area contributed by atoms with E-state index in [2.05, 4.69) is 67.5 Å². The third-order valence-corrected chi connectivity index (χ3v) is 8.52. The van der Waals surface area contributed by atoms with E-state index >= 15 is 0 Å². The number of phenols is 1. The Bertz CT molecular complexity index is 792. The second-order valence-electron chi connectivity index (χ2n) is 14.6. The van der Waals surface area contributed by atoms with Gasteiger partial charge < -0.3 is 9.84 Å². The maximum atomic E-state index is 13.3. The summed E-state index contributed by atoms with van der Waals surface area (Å²) in [6, 6.07) is 4.11. The largest absolute Gasteiger partial charge is 0.507 e. The molecular weight excluding hydrogens is 504 g/mol. The number of phenolic OH excluding ortho intramolecular Hbond substituents is 1. The third kappa shape index (κ3) is 15.5. The van der Waals surface area contributed by atoms with Crippen molar-refractivity contribution in [3.8, 4) is 5.75 Å². The Balaban J connectivity index is 2.43. The molecule has 1 aromatic rings. The van der Waals surface area contributed by atoms with Crippen LogP contribution in [0.2, 0.25) is 0 Å². The molecule has 0 heterocycles. The van der Waals surface area contributed by atoms with Crippen LogP contribution >= 0.6 is 0 Å². The van der Waals surface area contributed by atoms with Gasteiger partial charge in [-0.2, -0.15) is 0 Å². The molecule has 0 aliphatic heterocycles. The van der Waals surface area contributed by atoms with Crippen molar-refractivity contribution < 1.29 is 14.6 Å². The van der Waals surface area contributed by atoms with Crippen LogP contribution in [0, 0.1) is 0 Å². The van der Waals surface area contributed by atoms with E-state index in [1.807, 2.05) is 0 Å². The number of hydrogen-bond acceptors (Lipinski definition) is 3. The van der Waals surface area contributed by atoms with Crippen LogP contribution in [0.1, 0.15) is 200 Å². The van der Waals surface area contributed by atoms with Crippen molar-refractivity contribution >= 4 is 5.97 Å². The second-order valence-corrected chi connectivity index (χ2v) is 14.6. The number of benzene rings is 1. The Kier molecular flexibility index (Phi) is 18.7. The van der Waals surface area contributed by atoms with Gasteiger partial charge in [0.1, 0.15) is 5.75 Å². The lowest BCUT2D eigenvalue weighted by Gasteiger charge is -2.29. The molecule has 0 amide bonds. The summed E-state index contributed by atoms with van der Waals surface area (Å²) < 4.78 is 5.85. The van der Waals surface area contributed by atoms with Gasteiger partial charge in [-0.3, -0.25) is 4.79 Å². The van der Waals surface area contributed by atoms with Crippen LogP contribution in [-0.2, 0) is 20.4 Å². The third-order valence-electron chi connectivity index (χ3n) is 8.52. The normalized spacial score (nSPS) is 13.0. The molecule has 3 heteroatoms. The van der Waals surface area contributed by atoms with Gasteiger partial charge in [-0.1, -0.05) is 177 Å². The zero-order valence-electron chi connectivity index (χ0n) is 28.6. The standard InChI is InChI=1S/C38H68O3/c1-9-11-13-14-15-16-17-18-19-20-21-22-23-24-25-26-28-41-36(40)32(27-12-10-2)31-29-33(37(3,4)5)35(39)34(30-31)38(6,7)8/h29-30,32,39H,9-28H2,1-8H3. The molecule has 0 fully saturated rings. The van der Waals surface area contributed by atoms with E-state index in [0.29, 0.717) is 12.4 Å². The molecule has 0 radical (unpaired) electrons. The molecule has 0 saturated heterocycles. The predicted molar refractivity (Wildman–Crippen MR) is 178 cm³/mol. The van der Waals surface area contributed by atoms with Crippen molar-refractivity contribution in [1.82, 2.24) is 0 Å². The van der Waals surface area contributed by atoms with Gasteiger partial charge in [0.25, 0.3) is 0 Å². The van der Waals surface area contributed by atoms with Crippen molar-refractivity contribution in [1.29, 1.82) is 0 Å². The summed E-state index contributed by atoms with van der Waals surface area (Å²) in [5.74, 6) is -0.0202. The van der Waals surface area contributed by atoms with Gasteiger partial charge in [0.15, 0.2) is 0 Å². The van der Waals surface area contributed by atoms with Gasteiger partial charge in [0.2, 0.25) is 0 Å². The molecule has 3 nitrogen and oxygen atoms in total. The van der Waals surface area contributed by atoms with E-state index in [4.69, 9.17) is 4.74 Å². The number of hydrogen-bond donors (Lipinski definition) is 1. The average Bonchev–Trinajstić information content (AvgIpc) is 2.90. The number of carbonyl (C=O) groups is 1. The highest BCUT2D eigenvalue weighted by Crippen LogP contribution is 2.42. The van der Waals surface area contributed by atoms with Crippen LogP contribution in [0.4, 0.5) is 0 Å². The molecule has 0 bridgehead atoms. The summed E-state index contributed by atoms with van der Waals surface area (Å²) in [5, 5.41) is 11.1. The first-order valence-electron chi connectivity index (χ1n) is 17.5. The minimum Gasteiger partial charge on any atom is -0.507 e. The maximum absolute atomic E-state index is 13.3. The highest BCUT2D eigenvalue weighted by molar-refractivity contribution is 5.78. The summed E-state index contributed by atoms with van der Waals surface area (Å²) in [5.41, 5.74) is 2.38. The van der Waals surface area contributed by atoms with Crippen molar-refractivity contribution in [2.45, 2.75) is 194 Å². The van der Waals surface area contributed by atoms with E-state index < -0.39 is 0 Å². The first kappa shape index (κ1) is 37.5. The molecule has 1 N–H and O–H groups in total. The molecule has 0 spiro atoms. The lowest BCUT2D eigenvalue weighted by molar-refractivity contribution is -0.145. The number of esters is 1. The zero-order chi connectivity index (χ0) is 30.7. The first-order chi connectivity index (χ1) is 19.4. The SMILES string of the molecule is CCCCCCCCCCCCCCCCCCOC(=O)C(CCCC)c1cc(C(C)(C)C)c(O)c(C(C)(C)C)c1. The number of unbranched alkanes of at least 4 members (excludes halogenated alkanes) is 16. The summed E-state index contributed by atoms with van der Waals surface area (Å²) in [6.45, 7) is 17.7. The minimum atomic E-state index is -0.279. The van der Waals surface area contributed by atoms with E-state index in [9.17, 15) is 9.90 Å². The Morgan fingerprint density at radius 2 is 1.00 bits per heavy atom. The number of ether oxygens (including phenoxy) is 1. The van der Waals surface area contributed by atoms with Crippen LogP contribution in [0.3, 0.4) is 0 Å². The fraction of sp³-hybridized carbons (Fsp3) is 0.816. The fourth-order valence-electron chi connectivity index (χ4n) is 5.75. The van der Waals surface area contributed by atoms with Crippen molar-refractivity contribution in [2.75, 3.05) is 6.61 Å². The Morgan fingerprint density at radius 3 is 1.37 bits per heavy atom. The zero-order valence-corrected chi connectivity index (χ0v) is 28.6. The van der Waals surface area contributed by atoms with E-state index in [1.165, 1.54) is 89.9 Å². The molecular formula is C38H68O3. The number of rotatable bonds is 22. The molecule has 0 aliphatic rings. The second kappa shape index (κ2) is 20.4. The molecule has 0 aromatic heterocycles. The quantitative estimate of drug-likeness (QED) is 0.111. The summed E-state index contributed by atoms with van der Waals surface area (Å²) in [6.07, 6.45) is 24.2. The summed E-state index contributed by atoms with van der Waals surface area (Å²) >= 11 is 0. The van der Waals surface area contributed by atoms with Gasteiger partial charge in [0, 0.05) is 0 Å². The van der Waals surface area contributed by atoms with Crippen molar-refractivity contribution in [3.05, 3.63) is 28.8 Å². The molecule has 0 aliphatic carbocycles. The topological polar surface area (TPSA) is 46.5 Å².